The number of unbranched alkanes of at least 4 members (excludes halogenated alkanes) is 1. The molecule has 0 aromatic heterocycles. The van der Waals surface area contributed by atoms with Crippen LogP contribution in [0.5, 0.6) is 0 Å². The van der Waals surface area contributed by atoms with E-state index in [1.54, 1.807) is 0 Å². The molecule has 0 saturated heterocycles. The molecule has 0 aromatic carbocycles. The SMILES string of the molecule is CCCCC(NC(=O)NCCCS(C)(=O)=O)C(=O)O. The lowest BCUT2D eigenvalue weighted by atomic mass is 10.1. The van der Waals surface area contributed by atoms with Crippen molar-refractivity contribution in [2.45, 2.75) is 38.6 Å². The van der Waals surface area contributed by atoms with Crippen LogP contribution in [0.2, 0.25) is 0 Å². The number of amides is 2. The molecule has 7 nitrogen and oxygen atoms in total. The molecule has 0 spiro atoms. The molecule has 112 valence electrons. The van der Waals surface area contributed by atoms with Crippen molar-refractivity contribution in [1.29, 1.82) is 0 Å². The van der Waals surface area contributed by atoms with Crippen molar-refractivity contribution in [3.63, 3.8) is 0 Å². The van der Waals surface area contributed by atoms with Gasteiger partial charge in [-0.3, -0.25) is 0 Å². The summed E-state index contributed by atoms with van der Waals surface area (Å²) >= 11 is 0. The Labute approximate surface area is 113 Å². The topological polar surface area (TPSA) is 113 Å². The van der Waals surface area contributed by atoms with Gasteiger partial charge in [0.2, 0.25) is 0 Å². The monoisotopic (exact) mass is 294 g/mol. The Morgan fingerprint density at radius 1 is 1.26 bits per heavy atom. The molecule has 1 unspecified atom stereocenters. The van der Waals surface area contributed by atoms with Crippen molar-refractivity contribution >= 4 is 21.8 Å². The summed E-state index contributed by atoms with van der Waals surface area (Å²) < 4.78 is 21.7. The van der Waals surface area contributed by atoms with E-state index in [0.29, 0.717) is 19.3 Å². The number of hydrogen-bond acceptors (Lipinski definition) is 4. The van der Waals surface area contributed by atoms with E-state index in [-0.39, 0.29) is 12.3 Å². The lowest BCUT2D eigenvalue weighted by molar-refractivity contribution is -0.139. The third-order valence-corrected chi connectivity index (χ3v) is 3.46. The highest BCUT2D eigenvalue weighted by Crippen LogP contribution is 2.00. The van der Waals surface area contributed by atoms with Crippen LogP contribution < -0.4 is 10.6 Å². The molecule has 0 rings (SSSR count). The van der Waals surface area contributed by atoms with Crippen molar-refractivity contribution < 1.29 is 23.1 Å². The second-order valence-electron chi connectivity index (χ2n) is 4.42. The fraction of sp³-hybridized carbons (Fsp3) is 0.818. The van der Waals surface area contributed by atoms with Crippen LogP contribution in [0.25, 0.3) is 0 Å². The zero-order chi connectivity index (χ0) is 14.9. The van der Waals surface area contributed by atoms with E-state index in [4.69, 9.17) is 5.11 Å². The van der Waals surface area contributed by atoms with E-state index in [1.165, 1.54) is 0 Å². The first kappa shape index (κ1) is 17.7. The van der Waals surface area contributed by atoms with Gasteiger partial charge >= 0.3 is 12.0 Å². The van der Waals surface area contributed by atoms with Gasteiger partial charge in [0.05, 0.1) is 5.75 Å². The summed E-state index contributed by atoms with van der Waals surface area (Å²) in [5, 5.41) is 13.7. The summed E-state index contributed by atoms with van der Waals surface area (Å²) in [6, 6.07) is -1.49. The molecule has 8 heteroatoms. The van der Waals surface area contributed by atoms with E-state index < -0.39 is 27.9 Å². The molecular weight excluding hydrogens is 272 g/mol. The smallest absolute Gasteiger partial charge is 0.326 e. The lowest BCUT2D eigenvalue weighted by Gasteiger charge is -2.14. The minimum Gasteiger partial charge on any atom is -0.480 e. The Balaban J connectivity index is 3.96. The van der Waals surface area contributed by atoms with Gasteiger partial charge in [-0.05, 0) is 12.8 Å². The van der Waals surface area contributed by atoms with Crippen LogP contribution in [0.3, 0.4) is 0 Å². The van der Waals surface area contributed by atoms with Crippen LogP contribution in [0.1, 0.15) is 32.6 Å². The Morgan fingerprint density at radius 3 is 2.37 bits per heavy atom. The molecule has 0 aliphatic rings. The van der Waals surface area contributed by atoms with Crippen molar-refractivity contribution in [2.75, 3.05) is 18.6 Å². The molecule has 0 radical (unpaired) electrons. The standard InChI is InChI=1S/C11H22N2O5S/c1-3-4-6-9(10(14)15)13-11(16)12-7-5-8-19(2,17)18/h9H,3-8H2,1-2H3,(H,14,15)(H2,12,13,16). The summed E-state index contributed by atoms with van der Waals surface area (Å²) in [6.07, 6.45) is 3.37. The van der Waals surface area contributed by atoms with Crippen LogP contribution in [0.4, 0.5) is 4.79 Å². The summed E-state index contributed by atoms with van der Waals surface area (Å²) in [7, 11) is -3.04. The van der Waals surface area contributed by atoms with Crippen LogP contribution >= 0.6 is 0 Å². The number of carboxylic acid groups (broad SMARTS) is 1. The van der Waals surface area contributed by atoms with Crippen molar-refractivity contribution in [1.82, 2.24) is 10.6 Å². The van der Waals surface area contributed by atoms with Gasteiger partial charge in [-0.15, -0.1) is 0 Å². The average Bonchev–Trinajstić information content (AvgIpc) is 2.28. The fourth-order valence-corrected chi connectivity index (χ4v) is 2.08. The Morgan fingerprint density at radius 2 is 1.89 bits per heavy atom. The van der Waals surface area contributed by atoms with Gasteiger partial charge in [-0.1, -0.05) is 19.8 Å². The molecule has 19 heavy (non-hydrogen) atoms. The molecule has 0 saturated carbocycles. The fourth-order valence-electron chi connectivity index (χ4n) is 1.41. The Bertz CT molecular complexity index is 394. The van der Waals surface area contributed by atoms with Crippen molar-refractivity contribution in [3.05, 3.63) is 0 Å². The predicted octanol–water partition coefficient (Wildman–Crippen LogP) is 0.364. The van der Waals surface area contributed by atoms with Gasteiger partial charge in [0.1, 0.15) is 15.9 Å². The summed E-state index contributed by atoms with van der Waals surface area (Å²) in [6.45, 7) is 2.13. The molecule has 0 aliphatic carbocycles. The van der Waals surface area contributed by atoms with E-state index in [2.05, 4.69) is 10.6 Å². The molecule has 1 atom stereocenters. The number of urea groups is 1. The summed E-state index contributed by atoms with van der Waals surface area (Å²) in [5.41, 5.74) is 0. The van der Waals surface area contributed by atoms with Crippen LogP contribution in [0, 0.1) is 0 Å². The third kappa shape index (κ3) is 10.3. The van der Waals surface area contributed by atoms with Gasteiger partial charge in [-0.2, -0.15) is 0 Å². The maximum Gasteiger partial charge on any atom is 0.326 e. The highest BCUT2D eigenvalue weighted by molar-refractivity contribution is 7.90. The molecule has 0 aromatic rings. The molecule has 0 fully saturated rings. The zero-order valence-electron chi connectivity index (χ0n) is 11.3. The molecule has 0 aliphatic heterocycles. The number of aliphatic carboxylic acids is 1. The minimum atomic E-state index is -3.04. The molecule has 2 amide bonds. The maximum atomic E-state index is 11.4. The number of carbonyl (C=O) groups is 2. The van der Waals surface area contributed by atoms with E-state index in [0.717, 1.165) is 12.7 Å². The molecule has 0 bridgehead atoms. The first-order chi connectivity index (χ1) is 8.76. The van der Waals surface area contributed by atoms with E-state index in [9.17, 15) is 18.0 Å². The maximum absolute atomic E-state index is 11.4. The Kier molecular flexibility index (Phi) is 8.13. The van der Waals surface area contributed by atoms with Gasteiger partial charge in [0, 0.05) is 12.8 Å². The summed E-state index contributed by atoms with van der Waals surface area (Å²) in [5.74, 6) is -1.08. The highest BCUT2D eigenvalue weighted by atomic mass is 32.2. The van der Waals surface area contributed by atoms with Gasteiger partial charge in [0.25, 0.3) is 0 Å². The highest BCUT2D eigenvalue weighted by Gasteiger charge is 2.18. The van der Waals surface area contributed by atoms with Crippen LogP contribution in [-0.2, 0) is 14.6 Å². The first-order valence-electron chi connectivity index (χ1n) is 6.21. The second kappa shape index (κ2) is 8.73. The zero-order valence-corrected chi connectivity index (χ0v) is 12.1. The average molecular weight is 294 g/mol. The Hall–Kier alpha value is -1.31. The molecule has 3 N–H and O–H groups in total. The van der Waals surface area contributed by atoms with Gasteiger partial charge in [-0.25, -0.2) is 18.0 Å². The molecular formula is C11H22N2O5S. The van der Waals surface area contributed by atoms with Crippen molar-refractivity contribution in [3.8, 4) is 0 Å². The van der Waals surface area contributed by atoms with Crippen LogP contribution in [-0.4, -0.2) is 50.1 Å². The first-order valence-corrected chi connectivity index (χ1v) is 8.27. The van der Waals surface area contributed by atoms with Crippen molar-refractivity contribution in [2.24, 2.45) is 0 Å². The van der Waals surface area contributed by atoms with E-state index >= 15 is 0 Å². The number of rotatable bonds is 9. The third-order valence-electron chi connectivity index (χ3n) is 2.43. The quantitative estimate of drug-likeness (QED) is 0.532. The van der Waals surface area contributed by atoms with E-state index in [1.807, 2.05) is 6.92 Å². The predicted molar refractivity (Wildman–Crippen MR) is 71.8 cm³/mol. The largest absolute Gasteiger partial charge is 0.480 e. The second-order valence-corrected chi connectivity index (χ2v) is 6.68. The number of sulfone groups is 1. The minimum absolute atomic E-state index is 0.00846. The lowest BCUT2D eigenvalue weighted by Crippen LogP contribution is -2.46. The van der Waals surface area contributed by atoms with Gasteiger partial charge in [0.15, 0.2) is 0 Å². The normalized spacial score (nSPS) is 12.7. The number of nitrogens with one attached hydrogen (secondary N) is 2. The van der Waals surface area contributed by atoms with Crippen LogP contribution in [0.15, 0.2) is 0 Å². The number of carboxylic acids is 1. The summed E-state index contributed by atoms with van der Waals surface area (Å²) in [4.78, 5) is 22.3. The number of hydrogen-bond donors (Lipinski definition) is 3. The van der Waals surface area contributed by atoms with Gasteiger partial charge < -0.3 is 15.7 Å². The number of carbonyl (C=O) groups excluding carboxylic acids is 1. The molecule has 0 heterocycles.